The second-order valence-electron chi connectivity index (χ2n) is 4.99. The summed E-state index contributed by atoms with van der Waals surface area (Å²) in [6.45, 7) is 4.60. The molecule has 18 heavy (non-hydrogen) atoms. The van der Waals surface area contributed by atoms with Crippen molar-refractivity contribution in [3.8, 4) is 0 Å². The molecule has 1 fully saturated rings. The fraction of sp³-hybridized carbons (Fsp3) is 0.846. The van der Waals surface area contributed by atoms with Crippen molar-refractivity contribution in [2.45, 2.75) is 52.1 Å². The van der Waals surface area contributed by atoms with Crippen molar-refractivity contribution in [2.75, 3.05) is 18.5 Å². The van der Waals surface area contributed by atoms with Crippen LogP contribution in [0.3, 0.4) is 0 Å². The zero-order valence-corrected chi connectivity index (χ0v) is 12.0. The van der Waals surface area contributed by atoms with E-state index in [1.165, 1.54) is 43.6 Å². The number of hydrogen-bond acceptors (Lipinski definition) is 5. The van der Waals surface area contributed by atoms with Crippen molar-refractivity contribution in [2.24, 2.45) is 5.92 Å². The van der Waals surface area contributed by atoms with Crippen LogP contribution in [-0.4, -0.2) is 22.7 Å². The van der Waals surface area contributed by atoms with E-state index in [-0.39, 0.29) is 0 Å². The van der Waals surface area contributed by atoms with E-state index in [4.69, 9.17) is 4.74 Å². The number of ether oxygens (including phenoxy) is 1. The minimum Gasteiger partial charge on any atom is -0.375 e. The molecule has 1 aliphatic carbocycles. The zero-order chi connectivity index (χ0) is 12.6. The first kappa shape index (κ1) is 13.7. The lowest BCUT2D eigenvalue weighted by Gasteiger charge is -2.21. The first-order valence-electron chi connectivity index (χ1n) is 7.03. The molecule has 4 nitrogen and oxygen atoms in total. The molecule has 1 aromatic rings. The van der Waals surface area contributed by atoms with Gasteiger partial charge in [0.2, 0.25) is 0 Å². The Morgan fingerprint density at radius 3 is 2.94 bits per heavy atom. The Kier molecular flexibility index (Phi) is 5.87. The lowest BCUT2D eigenvalue weighted by Crippen LogP contribution is -2.13. The van der Waals surface area contributed by atoms with E-state index < -0.39 is 0 Å². The summed E-state index contributed by atoms with van der Waals surface area (Å²) in [7, 11) is 0. The van der Waals surface area contributed by atoms with Gasteiger partial charge in [0.1, 0.15) is 10.7 Å². The lowest BCUT2D eigenvalue weighted by atomic mass is 9.90. The monoisotopic (exact) mass is 269 g/mol. The number of hydrogen-bond donors (Lipinski definition) is 1. The van der Waals surface area contributed by atoms with Gasteiger partial charge in [-0.05, 0) is 25.2 Å². The van der Waals surface area contributed by atoms with E-state index in [1.807, 2.05) is 0 Å². The fourth-order valence-corrected chi connectivity index (χ4v) is 2.94. The molecule has 0 radical (unpaired) electrons. The van der Waals surface area contributed by atoms with Crippen LogP contribution in [0.25, 0.3) is 0 Å². The predicted octanol–water partition coefficient (Wildman–Crippen LogP) is 3.46. The highest BCUT2D eigenvalue weighted by Crippen LogP contribution is 2.24. The summed E-state index contributed by atoms with van der Waals surface area (Å²) in [5.41, 5.74) is 0.962. The molecular formula is C13H23N3OS. The summed E-state index contributed by atoms with van der Waals surface area (Å²) in [5, 5.41) is 8.55. The molecule has 0 aromatic carbocycles. The minimum atomic E-state index is 0.596. The van der Waals surface area contributed by atoms with E-state index in [0.29, 0.717) is 6.61 Å². The number of nitrogens with zero attached hydrogens (tertiary/aromatic N) is 2. The predicted molar refractivity (Wildman–Crippen MR) is 74.9 cm³/mol. The van der Waals surface area contributed by atoms with Gasteiger partial charge in [-0.2, -0.15) is 0 Å². The Labute approximate surface area is 113 Å². The second kappa shape index (κ2) is 7.69. The summed E-state index contributed by atoms with van der Waals surface area (Å²) in [4.78, 5) is 0. The zero-order valence-electron chi connectivity index (χ0n) is 11.2. The van der Waals surface area contributed by atoms with Crippen LogP contribution in [0.5, 0.6) is 0 Å². The third kappa shape index (κ3) is 4.21. The van der Waals surface area contributed by atoms with Crippen LogP contribution in [-0.2, 0) is 11.3 Å². The van der Waals surface area contributed by atoms with Crippen molar-refractivity contribution >= 4 is 16.5 Å². The first-order chi connectivity index (χ1) is 8.90. The molecule has 1 aromatic heterocycles. The Morgan fingerprint density at radius 2 is 2.17 bits per heavy atom. The maximum atomic E-state index is 5.80. The van der Waals surface area contributed by atoms with Crippen LogP contribution >= 0.6 is 11.5 Å². The summed E-state index contributed by atoms with van der Waals surface area (Å²) in [6, 6.07) is 0. The highest BCUT2D eigenvalue weighted by Gasteiger charge is 2.14. The molecule has 1 heterocycles. The molecule has 0 saturated heterocycles. The van der Waals surface area contributed by atoms with Crippen molar-refractivity contribution < 1.29 is 4.74 Å². The highest BCUT2D eigenvalue weighted by molar-refractivity contribution is 7.10. The van der Waals surface area contributed by atoms with Gasteiger partial charge in [0.25, 0.3) is 0 Å². The Bertz CT molecular complexity index is 337. The quantitative estimate of drug-likeness (QED) is 0.823. The molecule has 0 unspecified atom stereocenters. The van der Waals surface area contributed by atoms with Gasteiger partial charge < -0.3 is 10.1 Å². The molecule has 0 atom stereocenters. The van der Waals surface area contributed by atoms with E-state index >= 15 is 0 Å². The van der Waals surface area contributed by atoms with Crippen LogP contribution in [0.15, 0.2) is 0 Å². The SMILES string of the molecule is CCCNc1snnc1COCC1CCCCC1. The number of rotatable bonds is 7. The van der Waals surface area contributed by atoms with Crippen molar-refractivity contribution in [3.05, 3.63) is 5.69 Å². The third-order valence-electron chi connectivity index (χ3n) is 3.41. The van der Waals surface area contributed by atoms with Crippen LogP contribution in [0.2, 0.25) is 0 Å². The summed E-state index contributed by atoms with van der Waals surface area (Å²) >= 11 is 1.42. The molecule has 0 bridgehead atoms. The minimum absolute atomic E-state index is 0.596. The molecule has 1 saturated carbocycles. The van der Waals surface area contributed by atoms with Crippen molar-refractivity contribution in [1.82, 2.24) is 9.59 Å². The van der Waals surface area contributed by atoms with Gasteiger partial charge in [0, 0.05) is 24.7 Å². The van der Waals surface area contributed by atoms with Crippen LogP contribution in [0.4, 0.5) is 5.00 Å². The van der Waals surface area contributed by atoms with Crippen LogP contribution in [0, 0.1) is 5.92 Å². The van der Waals surface area contributed by atoms with Crippen molar-refractivity contribution in [3.63, 3.8) is 0 Å². The number of aromatic nitrogens is 2. The smallest absolute Gasteiger partial charge is 0.135 e. The normalized spacial score (nSPS) is 16.9. The van der Waals surface area contributed by atoms with E-state index in [9.17, 15) is 0 Å². The summed E-state index contributed by atoms with van der Waals surface area (Å²) in [5.74, 6) is 0.761. The van der Waals surface area contributed by atoms with Crippen LogP contribution < -0.4 is 5.32 Å². The van der Waals surface area contributed by atoms with Gasteiger partial charge in [-0.1, -0.05) is 30.7 Å². The maximum absolute atomic E-state index is 5.80. The number of anilines is 1. The van der Waals surface area contributed by atoms with E-state index in [0.717, 1.165) is 36.2 Å². The Balaban J connectivity index is 1.70. The molecule has 1 aliphatic rings. The highest BCUT2D eigenvalue weighted by atomic mass is 32.1. The number of nitrogens with one attached hydrogen (secondary N) is 1. The Hall–Kier alpha value is -0.680. The summed E-state index contributed by atoms with van der Waals surface area (Å²) in [6.07, 6.45) is 7.91. The molecular weight excluding hydrogens is 246 g/mol. The van der Waals surface area contributed by atoms with Gasteiger partial charge in [-0.3, -0.25) is 0 Å². The van der Waals surface area contributed by atoms with Gasteiger partial charge >= 0.3 is 0 Å². The van der Waals surface area contributed by atoms with Crippen molar-refractivity contribution in [1.29, 1.82) is 0 Å². The topological polar surface area (TPSA) is 47.0 Å². The largest absolute Gasteiger partial charge is 0.375 e. The Morgan fingerprint density at radius 1 is 1.33 bits per heavy atom. The molecule has 0 aliphatic heterocycles. The second-order valence-corrected chi connectivity index (χ2v) is 5.75. The fourth-order valence-electron chi connectivity index (χ4n) is 2.35. The standard InChI is InChI=1S/C13H23N3OS/c1-2-8-14-13-12(15-16-18-13)10-17-9-11-6-4-3-5-7-11/h11,14H,2-10H2,1H3. The summed E-state index contributed by atoms with van der Waals surface area (Å²) < 4.78 is 9.79. The van der Waals surface area contributed by atoms with E-state index in [1.54, 1.807) is 0 Å². The van der Waals surface area contributed by atoms with Gasteiger partial charge in [-0.15, -0.1) is 5.10 Å². The molecule has 1 N–H and O–H groups in total. The van der Waals surface area contributed by atoms with Gasteiger partial charge in [0.15, 0.2) is 0 Å². The van der Waals surface area contributed by atoms with E-state index in [2.05, 4.69) is 21.8 Å². The van der Waals surface area contributed by atoms with Gasteiger partial charge in [-0.25, -0.2) is 0 Å². The average Bonchev–Trinajstić information content (AvgIpc) is 2.85. The van der Waals surface area contributed by atoms with Gasteiger partial charge in [0.05, 0.1) is 6.61 Å². The maximum Gasteiger partial charge on any atom is 0.135 e. The average molecular weight is 269 g/mol. The first-order valence-corrected chi connectivity index (χ1v) is 7.80. The van der Waals surface area contributed by atoms with Crippen LogP contribution in [0.1, 0.15) is 51.1 Å². The molecule has 0 amide bonds. The third-order valence-corrected chi connectivity index (χ3v) is 4.13. The lowest BCUT2D eigenvalue weighted by molar-refractivity contribution is 0.0723. The molecule has 102 valence electrons. The molecule has 0 spiro atoms. The molecule has 2 rings (SSSR count). The molecule has 5 heteroatoms.